The molecule has 31 heavy (non-hydrogen) atoms. The highest BCUT2D eigenvalue weighted by atomic mass is 16.5. The van der Waals surface area contributed by atoms with Gasteiger partial charge >= 0.3 is 0 Å². The van der Waals surface area contributed by atoms with E-state index in [2.05, 4.69) is 5.32 Å². The van der Waals surface area contributed by atoms with E-state index in [1.807, 2.05) is 32.0 Å². The van der Waals surface area contributed by atoms with Gasteiger partial charge in [0.2, 0.25) is 11.5 Å². The van der Waals surface area contributed by atoms with Gasteiger partial charge in [-0.15, -0.1) is 0 Å². The number of hydrogen-bond acceptors (Lipinski definition) is 5. The third-order valence-electron chi connectivity index (χ3n) is 6.07. The van der Waals surface area contributed by atoms with Gasteiger partial charge in [0, 0.05) is 24.8 Å². The van der Waals surface area contributed by atoms with Gasteiger partial charge in [-0.05, 0) is 62.1 Å². The maximum atomic E-state index is 12.8. The Morgan fingerprint density at radius 2 is 1.77 bits per heavy atom. The van der Waals surface area contributed by atoms with Crippen molar-refractivity contribution in [2.45, 2.75) is 45.3 Å². The normalized spacial score (nSPS) is 22.7. The number of rotatable bonds is 5. The monoisotopic (exact) mass is 421 g/mol. The lowest BCUT2D eigenvalue weighted by Gasteiger charge is -2.36. The molecule has 1 saturated carbocycles. The first-order valence-corrected chi connectivity index (χ1v) is 10.5. The second-order valence-electron chi connectivity index (χ2n) is 8.15. The number of amides is 1. The van der Waals surface area contributed by atoms with Crippen LogP contribution in [0.4, 0.5) is 5.69 Å². The van der Waals surface area contributed by atoms with E-state index in [0.29, 0.717) is 17.7 Å². The second kappa shape index (κ2) is 8.94. The molecule has 0 aromatic heterocycles. The van der Waals surface area contributed by atoms with Crippen molar-refractivity contribution in [2.75, 3.05) is 12.4 Å². The van der Waals surface area contributed by atoms with E-state index in [0.717, 1.165) is 29.7 Å². The molecule has 2 aliphatic rings. The molecule has 0 bridgehead atoms. The van der Waals surface area contributed by atoms with Crippen molar-refractivity contribution in [3.63, 3.8) is 0 Å². The SMILES string of the molecule is COC1CCC2C(=O)C(Oc3ccc(C(=O)Nc4c(C)cccc4C)cc3)=COC2C1. The van der Waals surface area contributed by atoms with Crippen molar-refractivity contribution < 1.29 is 23.8 Å². The van der Waals surface area contributed by atoms with Gasteiger partial charge in [0.25, 0.3) is 5.91 Å². The Morgan fingerprint density at radius 3 is 2.45 bits per heavy atom. The van der Waals surface area contributed by atoms with Crippen LogP contribution in [0.3, 0.4) is 0 Å². The minimum Gasteiger partial charge on any atom is -0.493 e. The standard InChI is InChI=1S/C25H27NO5/c1-15-5-4-6-16(2)23(15)26-25(28)17-7-9-18(10-8-17)31-22-14-30-21-13-19(29-3)11-12-20(21)24(22)27/h4-10,14,19-21H,11-13H2,1-3H3,(H,26,28). The van der Waals surface area contributed by atoms with E-state index in [4.69, 9.17) is 14.2 Å². The highest BCUT2D eigenvalue weighted by Crippen LogP contribution is 2.35. The van der Waals surface area contributed by atoms with Crippen LogP contribution >= 0.6 is 0 Å². The summed E-state index contributed by atoms with van der Waals surface area (Å²) >= 11 is 0. The van der Waals surface area contributed by atoms with E-state index in [-0.39, 0.29) is 35.6 Å². The number of para-hydroxylation sites is 1. The largest absolute Gasteiger partial charge is 0.493 e. The summed E-state index contributed by atoms with van der Waals surface area (Å²) in [6.45, 7) is 3.92. The highest BCUT2D eigenvalue weighted by Gasteiger charge is 2.41. The average molecular weight is 421 g/mol. The summed E-state index contributed by atoms with van der Waals surface area (Å²) in [4.78, 5) is 25.5. The fraction of sp³-hybridized carbons (Fsp3) is 0.360. The number of carbonyl (C=O) groups is 2. The van der Waals surface area contributed by atoms with Crippen LogP contribution in [0.15, 0.2) is 54.5 Å². The summed E-state index contributed by atoms with van der Waals surface area (Å²) in [6.07, 6.45) is 3.65. The number of allylic oxidation sites excluding steroid dienone is 1. The van der Waals surface area contributed by atoms with Crippen LogP contribution in [0.25, 0.3) is 0 Å². The van der Waals surface area contributed by atoms with Crippen LogP contribution in [-0.2, 0) is 14.3 Å². The van der Waals surface area contributed by atoms with Gasteiger partial charge < -0.3 is 19.5 Å². The molecule has 6 nitrogen and oxygen atoms in total. The topological polar surface area (TPSA) is 73.9 Å². The molecule has 3 atom stereocenters. The average Bonchev–Trinajstić information content (AvgIpc) is 2.78. The van der Waals surface area contributed by atoms with Gasteiger partial charge in [-0.1, -0.05) is 18.2 Å². The van der Waals surface area contributed by atoms with Crippen molar-refractivity contribution in [2.24, 2.45) is 5.92 Å². The maximum absolute atomic E-state index is 12.8. The van der Waals surface area contributed by atoms with Gasteiger partial charge in [-0.25, -0.2) is 0 Å². The lowest BCUT2D eigenvalue weighted by Crippen LogP contribution is -2.42. The molecule has 1 aliphatic heterocycles. The molecule has 1 fully saturated rings. The third kappa shape index (κ3) is 4.49. The molecule has 3 unspecified atom stereocenters. The van der Waals surface area contributed by atoms with Crippen molar-refractivity contribution in [3.05, 3.63) is 71.2 Å². The third-order valence-corrected chi connectivity index (χ3v) is 6.07. The summed E-state index contributed by atoms with van der Waals surface area (Å²) in [7, 11) is 1.69. The Labute approximate surface area is 182 Å². The first kappa shape index (κ1) is 21.1. The van der Waals surface area contributed by atoms with E-state index in [9.17, 15) is 9.59 Å². The molecule has 2 aromatic carbocycles. The molecular formula is C25H27NO5. The molecule has 0 radical (unpaired) electrons. The molecule has 0 saturated heterocycles. The van der Waals surface area contributed by atoms with Gasteiger partial charge in [-0.2, -0.15) is 0 Å². The molecule has 6 heteroatoms. The van der Waals surface area contributed by atoms with Crippen LogP contribution < -0.4 is 10.1 Å². The lowest BCUT2D eigenvalue weighted by molar-refractivity contribution is -0.133. The zero-order valence-electron chi connectivity index (χ0n) is 18.0. The smallest absolute Gasteiger partial charge is 0.255 e. The number of methoxy groups -OCH3 is 1. The molecule has 4 rings (SSSR count). The molecule has 1 aliphatic carbocycles. The Balaban J connectivity index is 1.41. The number of benzene rings is 2. The Kier molecular flexibility index (Phi) is 6.09. The van der Waals surface area contributed by atoms with E-state index >= 15 is 0 Å². The number of nitrogens with one attached hydrogen (secondary N) is 1. The van der Waals surface area contributed by atoms with Crippen LogP contribution in [0.1, 0.15) is 40.7 Å². The number of carbonyl (C=O) groups excluding carboxylic acids is 2. The Hall–Kier alpha value is -3.12. The lowest BCUT2D eigenvalue weighted by atomic mass is 9.80. The van der Waals surface area contributed by atoms with Crippen molar-refractivity contribution >= 4 is 17.4 Å². The van der Waals surface area contributed by atoms with Gasteiger partial charge in [0.05, 0.1) is 12.0 Å². The fourth-order valence-electron chi connectivity index (χ4n) is 4.22. The number of hydrogen-bond donors (Lipinski definition) is 1. The number of aryl methyl sites for hydroxylation is 2. The molecule has 2 aromatic rings. The molecule has 1 N–H and O–H groups in total. The van der Waals surface area contributed by atoms with Crippen LogP contribution in [0.2, 0.25) is 0 Å². The second-order valence-corrected chi connectivity index (χ2v) is 8.15. The predicted octanol–water partition coefficient (Wildman–Crippen LogP) is 4.56. The summed E-state index contributed by atoms with van der Waals surface area (Å²) in [5.74, 6) is 0.246. The van der Waals surface area contributed by atoms with E-state index in [1.165, 1.54) is 6.26 Å². The maximum Gasteiger partial charge on any atom is 0.255 e. The Morgan fingerprint density at radius 1 is 1.06 bits per heavy atom. The summed E-state index contributed by atoms with van der Waals surface area (Å²) < 4.78 is 17.0. The van der Waals surface area contributed by atoms with Crippen molar-refractivity contribution in [1.29, 1.82) is 0 Å². The number of fused-ring (bicyclic) bond motifs is 1. The minimum absolute atomic E-state index is 0.0392. The number of ketones is 1. The van der Waals surface area contributed by atoms with Gasteiger partial charge in [0.1, 0.15) is 18.1 Å². The first-order valence-electron chi connectivity index (χ1n) is 10.5. The molecular weight excluding hydrogens is 394 g/mol. The highest BCUT2D eigenvalue weighted by molar-refractivity contribution is 6.05. The summed E-state index contributed by atoms with van der Waals surface area (Å²) in [5, 5.41) is 2.97. The zero-order chi connectivity index (χ0) is 22.0. The van der Waals surface area contributed by atoms with Crippen molar-refractivity contribution in [3.8, 4) is 5.75 Å². The molecule has 1 amide bonds. The minimum atomic E-state index is -0.200. The van der Waals surface area contributed by atoms with Gasteiger partial charge in [-0.3, -0.25) is 9.59 Å². The Bertz CT molecular complexity index is 991. The summed E-state index contributed by atoms with van der Waals surface area (Å²) in [6, 6.07) is 12.6. The zero-order valence-corrected chi connectivity index (χ0v) is 18.0. The fourth-order valence-corrected chi connectivity index (χ4v) is 4.22. The first-order chi connectivity index (χ1) is 15.0. The van der Waals surface area contributed by atoms with Crippen molar-refractivity contribution in [1.82, 2.24) is 0 Å². The number of Topliss-reactive ketones (excluding diaryl/α,β-unsaturated/α-hetero) is 1. The number of ether oxygens (including phenoxy) is 3. The van der Waals surface area contributed by atoms with Crippen LogP contribution in [-0.4, -0.2) is 31.0 Å². The number of anilines is 1. The van der Waals surface area contributed by atoms with E-state index < -0.39 is 0 Å². The van der Waals surface area contributed by atoms with Crippen LogP contribution in [0, 0.1) is 19.8 Å². The van der Waals surface area contributed by atoms with Crippen LogP contribution in [0.5, 0.6) is 5.75 Å². The summed E-state index contributed by atoms with van der Waals surface area (Å²) in [5.41, 5.74) is 3.34. The van der Waals surface area contributed by atoms with Gasteiger partial charge in [0.15, 0.2) is 0 Å². The quantitative estimate of drug-likeness (QED) is 0.766. The van der Waals surface area contributed by atoms with E-state index in [1.54, 1.807) is 31.4 Å². The molecule has 0 spiro atoms. The molecule has 162 valence electrons. The molecule has 1 heterocycles. The predicted molar refractivity (Wildman–Crippen MR) is 117 cm³/mol.